The molecule has 3 aromatic rings. The van der Waals surface area contributed by atoms with Gasteiger partial charge in [-0.15, -0.1) is 9.42 Å². The summed E-state index contributed by atoms with van der Waals surface area (Å²) < 4.78 is 15.1. The lowest BCUT2D eigenvalue weighted by atomic mass is 10.0. The third kappa shape index (κ3) is 4.50. The summed E-state index contributed by atoms with van der Waals surface area (Å²) in [5.41, 5.74) is 2.46. The second-order valence-electron chi connectivity index (χ2n) is 5.50. The second-order valence-corrected chi connectivity index (χ2v) is 7.02. The smallest absolute Gasteiger partial charge is 0.370 e. The van der Waals surface area contributed by atoms with Crippen LogP contribution < -0.4 is 5.32 Å². The standard InChI is InChI=1S/C16H15Cl2N4O3P/c17-13-4-3-11-12(10-8-20-21-9-10)7-14(22-16(11)15(13)18)19-5-1-2-6-25-26(23)24/h3-4,7-9H,1-2,5-6H2,(H2-,19,20,21,22,23,24)/p+1. The van der Waals surface area contributed by atoms with Crippen LogP contribution in [0.1, 0.15) is 12.8 Å². The molecule has 0 fully saturated rings. The van der Waals surface area contributed by atoms with Crippen molar-refractivity contribution in [2.75, 3.05) is 18.5 Å². The first kappa shape index (κ1) is 19.0. The zero-order chi connectivity index (χ0) is 18.5. The van der Waals surface area contributed by atoms with Gasteiger partial charge in [-0.1, -0.05) is 29.3 Å². The highest BCUT2D eigenvalue weighted by Gasteiger charge is 2.14. The van der Waals surface area contributed by atoms with Gasteiger partial charge in [-0.25, -0.2) is 4.98 Å². The summed E-state index contributed by atoms with van der Waals surface area (Å²) >= 11 is 12.5. The van der Waals surface area contributed by atoms with E-state index in [0.29, 0.717) is 34.3 Å². The molecule has 2 heterocycles. The molecule has 7 nitrogen and oxygen atoms in total. The van der Waals surface area contributed by atoms with E-state index in [1.807, 2.05) is 12.1 Å². The van der Waals surface area contributed by atoms with Crippen LogP contribution in [0, 0.1) is 0 Å². The maximum Gasteiger partial charge on any atom is 0.694 e. The van der Waals surface area contributed by atoms with Crippen LogP contribution >= 0.6 is 31.5 Å². The minimum atomic E-state index is -2.54. The van der Waals surface area contributed by atoms with Crippen molar-refractivity contribution < 1.29 is 14.0 Å². The first-order valence-electron chi connectivity index (χ1n) is 7.87. The molecule has 0 radical (unpaired) electrons. The van der Waals surface area contributed by atoms with Gasteiger partial charge in [0.25, 0.3) is 0 Å². The summed E-state index contributed by atoms with van der Waals surface area (Å²) in [5, 5.41) is 11.8. The molecule has 136 valence electrons. The van der Waals surface area contributed by atoms with Crippen molar-refractivity contribution in [3.63, 3.8) is 0 Å². The van der Waals surface area contributed by atoms with Crippen molar-refractivity contribution in [2.24, 2.45) is 0 Å². The summed E-state index contributed by atoms with van der Waals surface area (Å²) in [7, 11) is -2.54. The molecular formula is C16H16Cl2N4O3P+. The van der Waals surface area contributed by atoms with Crippen LogP contribution in [0.4, 0.5) is 5.82 Å². The number of fused-ring (bicyclic) bond motifs is 1. The van der Waals surface area contributed by atoms with Gasteiger partial charge in [0.15, 0.2) is 0 Å². The van der Waals surface area contributed by atoms with Crippen LogP contribution in [-0.4, -0.2) is 33.2 Å². The van der Waals surface area contributed by atoms with E-state index in [0.717, 1.165) is 22.9 Å². The number of aromatic nitrogens is 3. The molecule has 1 atom stereocenters. The molecule has 1 aromatic carbocycles. The van der Waals surface area contributed by atoms with Gasteiger partial charge in [0.2, 0.25) is 0 Å². The van der Waals surface area contributed by atoms with Crippen molar-refractivity contribution in [1.82, 2.24) is 15.2 Å². The van der Waals surface area contributed by atoms with Gasteiger partial charge in [-0.05, 0) is 30.5 Å². The molecule has 26 heavy (non-hydrogen) atoms. The molecule has 2 aromatic heterocycles. The van der Waals surface area contributed by atoms with Gasteiger partial charge in [0.1, 0.15) is 12.4 Å². The fraction of sp³-hybridized carbons (Fsp3) is 0.250. The maximum absolute atomic E-state index is 10.5. The number of aromatic amines is 1. The molecule has 0 saturated heterocycles. The number of unbranched alkanes of at least 4 members (excludes halogenated alkanes) is 1. The predicted molar refractivity (Wildman–Crippen MR) is 103 cm³/mol. The number of nitrogens with one attached hydrogen (secondary N) is 2. The van der Waals surface area contributed by atoms with Gasteiger partial charge in [-0.3, -0.25) is 5.10 Å². The van der Waals surface area contributed by atoms with Gasteiger partial charge in [0, 0.05) is 28.3 Å². The third-order valence-corrected chi connectivity index (χ3v) is 4.96. The molecule has 0 saturated carbocycles. The molecule has 0 aliphatic heterocycles. The Hall–Kier alpha value is -1.76. The number of hydrogen-bond donors (Lipinski definition) is 3. The molecule has 10 heteroatoms. The molecule has 1 unspecified atom stereocenters. The van der Waals surface area contributed by atoms with Crippen molar-refractivity contribution in [3.8, 4) is 11.1 Å². The van der Waals surface area contributed by atoms with Gasteiger partial charge < -0.3 is 5.32 Å². The predicted octanol–water partition coefficient (Wildman–Crippen LogP) is 4.79. The highest BCUT2D eigenvalue weighted by atomic mass is 35.5. The molecular weight excluding hydrogens is 398 g/mol. The summed E-state index contributed by atoms with van der Waals surface area (Å²) in [5.74, 6) is 0.659. The minimum absolute atomic E-state index is 0.236. The lowest BCUT2D eigenvalue weighted by Crippen LogP contribution is -2.05. The van der Waals surface area contributed by atoms with Gasteiger partial charge in [-0.2, -0.15) is 5.10 Å². The molecule has 0 spiro atoms. The number of pyridine rings is 1. The Kier molecular flexibility index (Phi) is 6.40. The molecule has 3 N–H and O–H groups in total. The van der Waals surface area contributed by atoms with Crippen molar-refractivity contribution in [3.05, 3.63) is 40.6 Å². The average Bonchev–Trinajstić information content (AvgIpc) is 3.15. The number of rotatable bonds is 8. The Labute approximate surface area is 160 Å². The van der Waals surface area contributed by atoms with Crippen LogP contribution in [0.2, 0.25) is 10.0 Å². The quantitative estimate of drug-likeness (QED) is 0.362. The number of H-pyrrole nitrogens is 1. The maximum atomic E-state index is 10.5. The van der Waals surface area contributed by atoms with Crippen molar-refractivity contribution in [2.45, 2.75) is 12.8 Å². The normalized spacial score (nSPS) is 11.7. The lowest BCUT2D eigenvalue weighted by Gasteiger charge is -2.12. The van der Waals surface area contributed by atoms with E-state index in [-0.39, 0.29) is 6.61 Å². The molecule has 0 bridgehead atoms. The van der Waals surface area contributed by atoms with Crippen molar-refractivity contribution >= 4 is 48.2 Å². The summed E-state index contributed by atoms with van der Waals surface area (Å²) in [6.07, 6.45) is 4.94. The monoisotopic (exact) mass is 413 g/mol. The largest absolute Gasteiger partial charge is 0.694 e. The number of nitrogens with zero attached hydrogens (tertiary/aromatic N) is 2. The van der Waals surface area contributed by atoms with Gasteiger partial charge >= 0.3 is 8.25 Å². The fourth-order valence-electron chi connectivity index (χ4n) is 2.55. The van der Waals surface area contributed by atoms with E-state index in [4.69, 9.17) is 28.1 Å². The Morgan fingerprint density at radius 3 is 2.88 bits per heavy atom. The zero-order valence-corrected chi connectivity index (χ0v) is 16.0. The highest BCUT2D eigenvalue weighted by Crippen LogP contribution is 2.36. The average molecular weight is 414 g/mol. The van der Waals surface area contributed by atoms with E-state index in [1.165, 1.54) is 0 Å². The van der Waals surface area contributed by atoms with Crippen LogP contribution in [0.3, 0.4) is 0 Å². The Morgan fingerprint density at radius 2 is 2.15 bits per heavy atom. The van der Waals surface area contributed by atoms with E-state index in [9.17, 15) is 4.57 Å². The van der Waals surface area contributed by atoms with E-state index < -0.39 is 8.25 Å². The SMILES string of the molecule is O=[P+](O)OCCCCNc1cc(-c2cn[nH]c2)c2ccc(Cl)c(Cl)c2n1. The second kappa shape index (κ2) is 8.75. The topological polar surface area (TPSA) is 100 Å². The lowest BCUT2D eigenvalue weighted by molar-refractivity contribution is 0.276. The number of hydrogen-bond acceptors (Lipinski definition) is 5. The minimum Gasteiger partial charge on any atom is -0.370 e. The Balaban J connectivity index is 1.82. The number of halogens is 2. The highest BCUT2D eigenvalue weighted by molar-refractivity contribution is 7.32. The van der Waals surface area contributed by atoms with Crippen molar-refractivity contribution in [1.29, 1.82) is 0 Å². The molecule has 0 aliphatic rings. The van der Waals surface area contributed by atoms with Gasteiger partial charge in [0.05, 0.1) is 21.8 Å². The van der Waals surface area contributed by atoms with Crippen LogP contribution in [0.5, 0.6) is 0 Å². The van der Waals surface area contributed by atoms with E-state index >= 15 is 0 Å². The summed E-state index contributed by atoms with van der Waals surface area (Å²) in [4.78, 5) is 13.2. The fourth-order valence-corrected chi connectivity index (χ4v) is 3.19. The summed E-state index contributed by atoms with van der Waals surface area (Å²) in [6.45, 7) is 0.868. The summed E-state index contributed by atoms with van der Waals surface area (Å²) in [6, 6.07) is 5.56. The zero-order valence-electron chi connectivity index (χ0n) is 13.6. The van der Waals surface area contributed by atoms with Crippen LogP contribution in [0.25, 0.3) is 22.0 Å². The first-order valence-corrected chi connectivity index (χ1v) is 9.75. The molecule has 0 aliphatic carbocycles. The van der Waals surface area contributed by atoms with Crippen LogP contribution in [-0.2, 0) is 9.09 Å². The molecule has 0 amide bonds. The van der Waals surface area contributed by atoms with E-state index in [2.05, 4.69) is 25.0 Å². The number of benzene rings is 1. The Morgan fingerprint density at radius 1 is 1.31 bits per heavy atom. The number of anilines is 1. The van der Waals surface area contributed by atoms with Crippen LogP contribution in [0.15, 0.2) is 30.6 Å². The third-order valence-electron chi connectivity index (χ3n) is 3.76. The molecule has 3 rings (SSSR count). The first-order chi connectivity index (χ1) is 12.6. The van der Waals surface area contributed by atoms with E-state index in [1.54, 1.807) is 18.5 Å². The Bertz CT molecular complexity index is 921.